The van der Waals surface area contributed by atoms with Crippen molar-refractivity contribution in [1.29, 1.82) is 0 Å². The summed E-state index contributed by atoms with van der Waals surface area (Å²) in [5.74, 6) is 3.08. The second-order valence-corrected chi connectivity index (χ2v) is 10.0. The summed E-state index contributed by atoms with van der Waals surface area (Å²) in [6, 6.07) is 3.95. The van der Waals surface area contributed by atoms with Crippen LogP contribution >= 0.6 is 0 Å². The number of hydrazone groups is 1. The summed E-state index contributed by atoms with van der Waals surface area (Å²) < 4.78 is 43.4. The lowest BCUT2D eigenvalue weighted by molar-refractivity contribution is 0.337. The van der Waals surface area contributed by atoms with Gasteiger partial charge in [0.15, 0.2) is 23.1 Å². The zero-order valence-electron chi connectivity index (χ0n) is 22.4. The van der Waals surface area contributed by atoms with Gasteiger partial charge in [-0.15, -0.1) is 5.10 Å². The summed E-state index contributed by atoms with van der Waals surface area (Å²) >= 11 is 0. The summed E-state index contributed by atoms with van der Waals surface area (Å²) in [6.07, 6.45) is 4.85. The van der Waals surface area contributed by atoms with Gasteiger partial charge in [-0.2, -0.15) is 5.10 Å². The van der Waals surface area contributed by atoms with Crippen molar-refractivity contribution in [3.05, 3.63) is 52.5 Å². The fraction of sp³-hybridized carbons (Fsp3) is 0.500. The number of benzene rings is 1. The first kappa shape index (κ1) is 27.5. The van der Waals surface area contributed by atoms with Gasteiger partial charge in [0.1, 0.15) is 5.82 Å². The van der Waals surface area contributed by atoms with E-state index >= 15 is 0 Å². The average Bonchev–Trinajstić information content (AvgIpc) is 3.47. The SMILES string of the molecule is CCN(CC1CCCC1)c1nc2c(cc1CN(Cc1cc(F)c(F)c(F)c1)/C(N)=N/N(C)N)c(C)nn2C. The maximum Gasteiger partial charge on any atom is 0.216 e. The van der Waals surface area contributed by atoms with Gasteiger partial charge in [0, 0.05) is 51.2 Å². The zero-order chi connectivity index (χ0) is 27.6. The molecule has 0 bridgehead atoms. The highest BCUT2D eigenvalue weighted by atomic mass is 19.2. The molecule has 2 aromatic heterocycles. The van der Waals surface area contributed by atoms with Crippen LogP contribution in [0.2, 0.25) is 0 Å². The van der Waals surface area contributed by atoms with E-state index < -0.39 is 17.5 Å². The second-order valence-electron chi connectivity index (χ2n) is 10.0. The number of rotatable bonds is 9. The molecule has 38 heavy (non-hydrogen) atoms. The molecule has 1 aliphatic rings. The molecule has 3 aromatic rings. The quantitative estimate of drug-likeness (QED) is 0.142. The van der Waals surface area contributed by atoms with E-state index in [1.807, 2.05) is 20.0 Å². The van der Waals surface area contributed by atoms with Crippen molar-refractivity contribution in [2.24, 2.45) is 29.6 Å². The minimum atomic E-state index is -1.52. The van der Waals surface area contributed by atoms with Gasteiger partial charge in [0.2, 0.25) is 5.96 Å². The van der Waals surface area contributed by atoms with E-state index in [4.69, 9.17) is 16.6 Å². The molecule has 1 aromatic carbocycles. The Kier molecular flexibility index (Phi) is 8.29. The number of aryl methyl sites for hydroxylation is 2. The summed E-state index contributed by atoms with van der Waals surface area (Å²) in [5, 5.41) is 10.6. The smallest absolute Gasteiger partial charge is 0.216 e. The third kappa shape index (κ3) is 5.95. The molecular formula is C26H36F3N9. The van der Waals surface area contributed by atoms with Gasteiger partial charge in [0.25, 0.3) is 0 Å². The Labute approximate surface area is 220 Å². The highest BCUT2D eigenvalue weighted by molar-refractivity contribution is 5.82. The number of nitrogens with two attached hydrogens (primary N) is 2. The van der Waals surface area contributed by atoms with Crippen molar-refractivity contribution >= 4 is 22.8 Å². The van der Waals surface area contributed by atoms with Crippen LogP contribution in [0.1, 0.15) is 49.4 Å². The number of guanidine groups is 1. The van der Waals surface area contributed by atoms with Crippen molar-refractivity contribution in [2.75, 3.05) is 25.0 Å². The Morgan fingerprint density at radius 3 is 2.39 bits per heavy atom. The molecule has 1 aliphatic carbocycles. The number of anilines is 1. The monoisotopic (exact) mass is 531 g/mol. The van der Waals surface area contributed by atoms with Crippen LogP contribution in [0.15, 0.2) is 23.3 Å². The standard InChI is InChI=1S/C26H36F3N9/c1-5-37(13-17-8-6-7-9-17)24-19(12-20-16(2)33-35(3)25(20)32-24)15-38(26(30)34-36(4)31)14-18-10-21(27)23(29)22(28)11-18/h10-12,17H,5-9,13-15,31H2,1-4H3,(H2,30,34). The summed E-state index contributed by atoms with van der Waals surface area (Å²) in [6.45, 7) is 5.84. The molecule has 2 heterocycles. The molecule has 1 fully saturated rings. The molecule has 12 heteroatoms. The highest BCUT2D eigenvalue weighted by Gasteiger charge is 2.24. The van der Waals surface area contributed by atoms with Crippen LogP contribution in [-0.2, 0) is 20.1 Å². The summed E-state index contributed by atoms with van der Waals surface area (Å²) in [4.78, 5) is 8.95. The average molecular weight is 532 g/mol. The Morgan fingerprint density at radius 1 is 1.13 bits per heavy atom. The third-order valence-corrected chi connectivity index (χ3v) is 7.05. The molecular weight excluding hydrogens is 495 g/mol. The molecule has 0 radical (unpaired) electrons. The topological polar surface area (TPSA) is 105 Å². The Hall–Kier alpha value is -3.54. The maximum absolute atomic E-state index is 14.0. The largest absolute Gasteiger partial charge is 0.368 e. The van der Waals surface area contributed by atoms with E-state index in [-0.39, 0.29) is 24.6 Å². The van der Waals surface area contributed by atoms with E-state index in [1.54, 1.807) is 9.58 Å². The summed E-state index contributed by atoms with van der Waals surface area (Å²) in [5.41, 5.74) is 8.96. The predicted octanol–water partition coefficient (Wildman–Crippen LogP) is 3.75. The molecule has 0 spiro atoms. The fourth-order valence-electron chi connectivity index (χ4n) is 5.20. The maximum atomic E-state index is 14.0. The normalized spacial score (nSPS) is 14.5. The number of hydrogen-bond donors (Lipinski definition) is 2. The van der Waals surface area contributed by atoms with Gasteiger partial charge < -0.3 is 15.5 Å². The number of halogens is 3. The molecule has 0 unspecified atom stereocenters. The van der Waals surface area contributed by atoms with Crippen molar-refractivity contribution in [3.63, 3.8) is 0 Å². The van der Waals surface area contributed by atoms with E-state index in [2.05, 4.69) is 22.0 Å². The van der Waals surface area contributed by atoms with Gasteiger partial charge in [-0.05, 0) is 56.4 Å². The molecule has 0 aliphatic heterocycles. The Balaban J connectivity index is 1.78. The lowest BCUT2D eigenvalue weighted by Gasteiger charge is -2.30. The van der Waals surface area contributed by atoms with Crippen LogP contribution in [0.4, 0.5) is 19.0 Å². The van der Waals surface area contributed by atoms with Crippen LogP contribution < -0.4 is 16.5 Å². The van der Waals surface area contributed by atoms with Crippen LogP contribution in [-0.4, -0.2) is 50.9 Å². The minimum absolute atomic E-state index is 0.0322. The molecule has 0 amide bonds. The Morgan fingerprint density at radius 2 is 1.79 bits per heavy atom. The fourth-order valence-corrected chi connectivity index (χ4v) is 5.20. The van der Waals surface area contributed by atoms with E-state index in [0.29, 0.717) is 5.92 Å². The van der Waals surface area contributed by atoms with Gasteiger partial charge in [-0.3, -0.25) is 4.68 Å². The number of hydrazine groups is 1. The first-order chi connectivity index (χ1) is 18.1. The van der Waals surface area contributed by atoms with Crippen molar-refractivity contribution < 1.29 is 13.2 Å². The van der Waals surface area contributed by atoms with Crippen molar-refractivity contribution in [1.82, 2.24) is 24.8 Å². The molecule has 206 valence electrons. The molecule has 0 atom stereocenters. The molecule has 4 rings (SSSR count). The predicted molar refractivity (Wildman–Crippen MR) is 142 cm³/mol. The third-order valence-electron chi connectivity index (χ3n) is 7.05. The first-order valence-corrected chi connectivity index (χ1v) is 12.9. The van der Waals surface area contributed by atoms with E-state index in [0.717, 1.165) is 58.4 Å². The first-order valence-electron chi connectivity index (χ1n) is 12.9. The van der Waals surface area contributed by atoms with Crippen LogP contribution in [0, 0.1) is 30.3 Å². The molecule has 0 saturated heterocycles. The lowest BCUT2D eigenvalue weighted by Crippen LogP contribution is -2.40. The Bertz CT molecular complexity index is 1290. The van der Waals surface area contributed by atoms with Crippen molar-refractivity contribution in [2.45, 2.75) is 52.6 Å². The number of pyridine rings is 1. The van der Waals surface area contributed by atoms with Crippen LogP contribution in [0.5, 0.6) is 0 Å². The van der Waals surface area contributed by atoms with Gasteiger partial charge in [-0.1, -0.05) is 12.8 Å². The van der Waals surface area contributed by atoms with Gasteiger partial charge in [0.05, 0.1) is 5.69 Å². The second kappa shape index (κ2) is 11.5. The highest BCUT2D eigenvalue weighted by Crippen LogP contribution is 2.31. The van der Waals surface area contributed by atoms with Crippen molar-refractivity contribution in [3.8, 4) is 0 Å². The van der Waals surface area contributed by atoms with E-state index in [9.17, 15) is 13.2 Å². The molecule has 9 nitrogen and oxygen atoms in total. The zero-order valence-corrected chi connectivity index (χ0v) is 22.4. The molecule has 4 N–H and O–H groups in total. The molecule has 1 saturated carbocycles. The minimum Gasteiger partial charge on any atom is -0.368 e. The van der Waals surface area contributed by atoms with E-state index in [1.165, 1.54) is 32.7 Å². The lowest BCUT2D eigenvalue weighted by atomic mass is 10.1. The number of hydrogen-bond acceptors (Lipinski definition) is 6. The van der Waals surface area contributed by atoms with Crippen LogP contribution in [0.25, 0.3) is 11.0 Å². The number of fused-ring (bicyclic) bond motifs is 1. The number of aromatic nitrogens is 3. The van der Waals surface area contributed by atoms with Gasteiger partial charge >= 0.3 is 0 Å². The number of nitrogens with zero attached hydrogens (tertiary/aromatic N) is 7. The van der Waals surface area contributed by atoms with Crippen LogP contribution in [0.3, 0.4) is 0 Å². The summed E-state index contributed by atoms with van der Waals surface area (Å²) in [7, 11) is 3.38. The van der Waals surface area contributed by atoms with Gasteiger partial charge in [-0.25, -0.2) is 29.1 Å².